The van der Waals surface area contributed by atoms with E-state index in [0.29, 0.717) is 5.82 Å². The molecule has 166 valence electrons. The molecular formula is C22H34N4O4. The van der Waals surface area contributed by atoms with Crippen molar-refractivity contribution in [2.75, 3.05) is 6.54 Å². The van der Waals surface area contributed by atoms with Gasteiger partial charge in [-0.05, 0) is 65.4 Å². The van der Waals surface area contributed by atoms with Crippen LogP contribution in [0.4, 0.5) is 4.79 Å². The Morgan fingerprint density at radius 1 is 1.30 bits per heavy atom. The number of nitrogens with zero attached hydrogens (tertiary/aromatic N) is 4. The van der Waals surface area contributed by atoms with Gasteiger partial charge < -0.3 is 14.7 Å². The van der Waals surface area contributed by atoms with Gasteiger partial charge in [0.1, 0.15) is 12.1 Å². The highest BCUT2D eigenvalue weighted by molar-refractivity contribution is 5.74. The van der Waals surface area contributed by atoms with Crippen LogP contribution in [0.5, 0.6) is 0 Å². The van der Waals surface area contributed by atoms with Crippen LogP contribution in [-0.2, 0) is 9.53 Å². The van der Waals surface area contributed by atoms with Gasteiger partial charge in [-0.1, -0.05) is 0 Å². The van der Waals surface area contributed by atoms with Gasteiger partial charge in [0.05, 0.1) is 11.6 Å². The summed E-state index contributed by atoms with van der Waals surface area (Å²) >= 11 is 0. The van der Waals surface area contributed by atoms with Crippen molar-refractivity contribution in [3.8, 4) is 0 Å². The molecule has 0 bridgehead atoms. The minimum absolute atomic E-state index is 0.0126. The number of carbonyl (C=O) groups excluding carboxylic acids is 2. The molecule has 0 radical (unpaired) electrons. The average Bonchev–Trinajstić information content (AvgIpc) is 3.29. The smallest absolute Gasteiger partial charge is 0.410 e. The molecule has 3 rings (SSSR count). The van der Waals surface area contributed by atoms with E-state index in [2.05, 4.69) is 9.97 Å². The molecule has 30 heavy (non-hydrogen) atoms. The fraction of sp³-hybridized carbons (Fsp3) is 0.727. The van der Waals surface area contributed by atoms with Gasteiger partial charge in [0.25, 0.3) is 0 Å². The van der Waals surface area contributed by atoms with Gasteiger partial charge in [0.2, 0.25) is 5.91 Å². The molecule has 1 N–H and O–H groups in total. The molecule has 1 aromatic rings. The zero-order valence-corrected chi connectivity index (χ0v) is 18.5. The average molecular weight is 419 g/mol. The summed E-state index contributed by atoms with van der Waals surface area (Å²) < 4.78 is 5.81. The first kappa shape index (κ1) is 22.5. The maximum absolute atomic E-state index is 13.1. The van der Waals surface area contributed by atoms with Crippen molar-refractivity contribution in [3.05, 3.63) is 24.3 Å². The molecular weight excluding hydrogens is 384 g/mol. The highest BCUT2D eigenvalue weighted by atomic mass is 16.6. The molecule has 4 atom stereocenters. The number of aromatic nitrogens is 2. The summed E-state index contributed by atoms with van der Waals surface area (Å²) in [4.78, 5) is 37.7. The summed E-state index contributed by atoms with van der Waals surface area (Å²) in [6, 6.07) is 1.03. The molecule has 8 heteroatoms. The quantitative estimate of drug-likeness (QED) is 0.763. The SMILES string of the molecule is CC(=O)N(CC1(C)CCC(C)N1C(=O)OC1CCCC1)C(c1ncccn1)C(C)O. The molecule has 8 nitrogen and oxygen atoms in total. The topological polar surface area (TPSA) is 95.9 Å². The fourth-order valence-electron chi connectivity index (χ4n) is 4.91. The van der Waals surface area contributed by atoms with E-state index >= 15 is 0 Å². The zero-order chi connectivity index (χ0) is 21.9. The lowest BCUT2D eigenvalue weighted by molar-refractivity contribution is -0.136. The first-order valence-electron chi connectivity index (χ1n) is 10.9. The monoisotopic (exact) mass is 418 g/mol. The number of aliphatic hydroxyl groups excluding tert-OH is 1. The Hall–Kier alpha value is -2.22. The lowest BCUT2D eigenvalue weighted by atomic mass is 9.96. The fourth-order valence-corrected chi connectivity index (χ4v) is 4.91. The first-order valence-corrected chi connectivity index (χ1v) is 10.9. The minimum atomic E-state index is -0.863. The largest absolute Gasteiger partial charge is 0.446 e. The number of ether oxygens (including phenoxy) is 1. The predicted molar refractivity (Wildman–Crippen MR) is 112 cm³/mol. The molecule has 4 unspecified atom stereocenters. The number of rotatable bonds is 6. The normalized spacial score (nSPS) is 26.4. The molecule has 1 aromatic heterocycles. The first-order chi connectivity index (χ1) is 14.2. The lowest BCUT2D eigenvalue weighted by Crippen LogP contribution is -2.57. The van der Waals surface area contributed by atoms with Crippen molar-refractivity contribution in [2.24, 2.45) is 0 Å². The molecule has 2 amide bonds. The Kier molecular flexibility index (Phi) is 6.95. The van der Waals surface area contributed by atoms with Crippen molar-refractivity contribution < 1.29 is 19.4 Å². The van der Waals surface area contributed by atoms with Crippen molar-refractivity contribution in [2.45, 2.75) is 96.1 Å². The van der Waals surface area contributed by atoms with Crippen LogP contribution in [0.25, 0.3) is 0 Å². The van der Waals surface area contributed by atoms with Crippen LogP contribution in [-0.4, -0.2) is 67.2 Å². The second kappa shape index (κ2) is 9.29. The highest BCUT2D eigenvalue weighted by Gasteiger charge is 2.48. The van der Waals surface area contributed by atoms with Crippen molar-refractivity contribution in [1.82, 2.24) is 19.8 Å². The summed E-state index contributed by atoms with van der Waals surface area (Å²) in [6.07, 6.45) is 7.62. The molecule has 1 aliphatic carbocycles. The van der Waals surface area contributed by atoms with Gasteiger partial charge in [0.15, 0.2) is 5.82 Å². The van der Waals surface area contributed by atoms with Crippen molar-refractivity contribution in [1.29, 1.82) is 0 Å². The van der Waals surface area contributed by atoms with E-state index in [4.69, 9.17) is 4.74 Å². The van der Waals surface area contributed by atoms with Crippen LogP contribution >= 0.6 is 0 Å². The second-order valence-electron chi connectivity index (χ2n) is 8.98. The van der Waals surface area contributed by atoms with E-state index in [1.807, 2.05) is 13.8 Å². The van der Waals surface area contributed by atoms with Gasteiger partial charge in [-0.15, -0.1) is 0 Å². The van der Waals surface area contributed by atoms with Crippen molar-refractivity contribution >= 4 is 12.0 Å². The van der Waals surface area contributed by atoms with Gasteiger partial charge in [-0.25, -0.2) is 14.8 Å². The zero-order valence-electron chi connectivity index (χ0n) is 18.5. The Balaban J connectivity index is 1.84. The summed E-state index contributed by atoms with van der Waals surface area (Å²) in [6.45, 7) is 7.39. The maximum atomic E-state index is 13.1. The Morgan fingerprint density at radius 2 is 1.93 bits per heavy atom. The van der Waals surface area contributed by atoms with E-state index in [9.17, 15) is 14.7 Å². The third kappa shape index (κ3) is 4.74. The Morgan fingerprint density at radius 3 is 2.50 bits per heavy atom. The maximum Gasteiger partial charge on any atom is 0.410 e. The van der Waals surface area contributed by atoms with E-state index in [1.54, 1.807) is 35.2 Å². The molecule has 2 aliphatic rings. The molecule has 2 fully saturated rings. The van der Waals surface area contributed by atoms with Crippen LogP contribution in [0.3, 0.4) is 0 Å². The third-order valence-electron chi connectivity index (χ3n) is 6.45. The van der Waals surface area contributed by atoms with Crippen molar-refractivity contribution in [3.63, 3.8) is 0 Å². The van der Waals surface area contributed by atoms with E-state index in [1.165, 1.54) is 6.92 Å². The van der Waals surface area contributed by atoms with Crippen LogP contribution in [0, 0.1) is 0 Å². The van der Waals surface area contributed by atoms with Gasteiger partial charge in [0, 0.05) is 31.9 Å². The van der Waals surface area contributed by atoms with Crippen LogP contribution < -0.4 is 0 Å². The summed E-state index contributed by atoms with van der Waals surface area (Å²) in [5.74, 6) is 0.190. The van der Waals surface area contributed by atoms with Gasteiger partial charge in [-0.3, -0.25) is 9.69 Å². The van der Waals surface area contributed by atoms with E-state index < -0.39 is 17.7 Å². The van der Waals surface area contributed by atoms with E-state index in [-0.39, 0.29) is 30.7 Å². The second-order valence-corrected chi connectivity index (χ2v) is 8.98. The predicted octanol–water partition coefficient (Wildman–Crippen LogP) is 3.07. The van der Waals surface area contributed by atoms with Gasteiger partial charge >= 0.3 is 6.09 Å². The van der Waals surface area contributed by atoms with Crippen LogP contribution in [0.1, 0.15) is 78.1 Å². The summed E-state index contributed by atoms with van der Waals surface area (Å²) in [5.41, 5.74) is -0.595. The van der Waals surface area contributed by atoms with Crippen LogP contribution in [0.2, 0.25) is 0 Å². The molecule has 1 aliphatic heterocycles. The molecule has 1 saturated carbocycles. The van der Waals surface area contributed by atoms with Gasteiger partial charge in [-0.2, -0.15) is 0 Å². The highest BCUT2D eigenvalue weighted by Crippen LogP contribution is 2.38. The molecule has 0 spiro atoms. The lowest BCUT2D eigenvalue weighted by Gasteiger charge is -2.43. The Bertz CT molecular complexity index is 738. The number of hydrogen-bond donors (Lipinski definition) is 1. The summed E-state index contributed by atoms with van der Waals surface area (Å²) in [5, 5.41) is 10.5. The number of aliphatic hydroxyl groups is 1. The third-order valence-corrected chi connectivity index (χ3v) is 6.45. The molecule has 2 heterocycles. The minimum Gasteiger partial charge on any atom is -0.446 e. The summed E-state index contributed by atoms with van der Waals surface area (Å²) in [7, 11) is 0. The van der Waals surface area contributed by atoms with Crippen LogP contribution in [0.15, 0.2) is 18.5 Å². The number of hydrogen-bond acceptors (Lipinski definition) is 6. The Labute approximate surface area is 178 Å². The number of amides is 2. The number of likely N-dealkylation sites (tertiary alicyclic amines) is 1. The standard InChI is InChI=1S/C22H34N4O4/c1-15-10-11-22(4,26(15)21(29)30-18-8-5-6-9-18)14-25(17(3)28)19(16(2)27)20-23-12-7-13-24-20/h7,12-13,15-16,18-19,27H,5-6,8-11,14H2,1-4H3. The molecule has 0 aromatic carbocycles. The number of carbonyl (C=O) groups is 2. The molecule has 1 saturated heterocycles. The van der Waals surface area contributed by atoms with E-state index in [0.717, 1.165) is 38.5 Å².